The predicted octanol–water partition coefficient (Wildman–Crippen LogP) is 3.75. The molecule has 4 heteroatoms. The number of hydrogen-bond donors (Lipinski definition) is 1. The largest absolute Gasteiger partial charge is 0.352 e. The summed E-state index contributed by atoms with van der Waals surface area (Å²) in [5, 5.41) is 4.92. The second-order valence-corrected chi connectivity index (χ2v) is 6.33. The maximum atomic E-state index is 13.0. The minimum absolute atomic E-state index is 0.000131. The molecule has 0 saturated heterocycles. The van der Waals surface area contributed by atoms with Crippen molar-refractivity contribution in [1.29, 1.82) is 0 Å². The molecule has 21 heavy (non-hydrogen) atoms. The van der Waals surface area contributed by atoms with Crippen LogP contribution >= 0.6 is 11.3 Å². The van der Waals surface area contributed by atoms with Crippen LogP contribution in [0.15, 0.2) is 47.9 Å². The molecule has 2 nitrogen and oxygen atoms in total. The van der Waals surface area contributed by atoms with E-state index in [2.05, 4.69) is 5.32 Å². The van der Waals surface area contributed by atoms with Gasteiger partial charge in [0.2, 0.25) is 5.91 Å². The molecule has 0 atom stereocenters. The Morgan fingerprint density at radius 3 is 2.67 bits per heavy atom. The van der Waals surface area contributed by atoms with Crippen molar-refractivity contribution in [2.24, 2.45) is 0 Å². The van der Waals surface area contributed by atoms with Crippen molar-refractivity contribution in [1.82, 2.24) is 5.32 Å². The molecule has 0 unspecified atom stereocenters. The number of amides is 1. The van der Waals surface area contributed by atoms with E-state index < -0.39 is 0 Å². The van der Waals surface area contributed by atoms with Gasteiger partial charge in [-0.25, -0.2) is 4.39 Å². The summed E-state index contributed by atoms with van der Waals surface area (Å²) in [5.41, 5.74) is 1.10. The van der Waals surface area contributed by atoms with Gasteiger partial charge in [0.1, 0.15) is 5.82 Å². The summed E-state index contributed by atoms with van der Waals surface area (Å²) >= 11 is 1.60. The van der Waals surface area contributed by atoms with Crippen molar-refractivity contribution < 1.29 is 9.18 Å². The zero-order chi connectivity index (χ0) is 14.7. The Hall–Kier alpha value is -1.94. The molecule has 1 aliphatic carbocycles. The van der Waals surface area contributed by atoms with Crippen LogP contribution in [0.1, 0.15) is 23.3 Å². The van der Waals surface area contributed by atoms with Crippen LogP contribution in [0.2, 0.25) is 0 Å². The molecule has 3 rings (SSSR count). The van der Waals surface area contributed by atoms with E-state index in [1.54, 1.807) is 17.4 Å². The van der Waals surface area contributed by atoms with E-state index in [9.17, 15) is 9.18 Å². The van der Waals surface area contributed by atoms with Gasteiger partial charge in [-0.3, -0.25) is 4.79 Å². The summed E-state index contributed by atoms with van der Waals surface area (Å²) in [6.45, 7) is 0.603. The molecule has 0 radical (unpaired) electrons. The first-order valence-corrected chi connectivity index (χ1v) is 7.81. The van der Waals surface area contributed by atoms with E-state index >= 15 is 0 Å². The van der Waals surface area contributed by atoms with Gasteiger partial charge in [0.15, 0.2) is 0 Å². The predicted molar refractivity (Wildman–Crippen MR) is 83.7 cm³/mol. The SMILES string of the molecule is O=C(C=Cc1cccs1)NCC1(c2ccc(F)cc2)CC1. The average Bonchev–Trinajstić information content (AvgIpc) is 3.10. The highest BCUT2D eigenvalue weighted by Gasteiger charge is 2.44. The zero-order valence-corrected chi connectivity index (χ0v) is 12.3. The van der Waals surface area contributed by atoms with Crippen LogP contribution < -0.4 is 5.32 Å². The number of rotatable bonds is 5. The van der Waals surface area contributed by atoms with Crippen molar-refractivity contribution in [3.05, 3.63) is 64.1 Å². The van der Waals surface area contributed by atoms with E-state index in [-0.39, 0.29) is 17.1 Å². The lowest BCUT2D eigenvalue weighted by molar-refractivity contribution is -0.116. The third-order valence-electron chi connectivity index (χ3n) is 3.85. The molecular formula is C17H16FNOS. The maximum Gasteiger partial charge on any atom is 0.244 e. The van der Waals surface area contributed by atoms with E-state index in [1.165, 1.54) is 12.1 Å². The van der Waals surface area contributed by atoms with E-state index in [1.807, 2.05) is 35.7 Å². The number of thiophene rings is 1. The van der Waals surface area contributed by atoms with Crippen molar-refractivity contribution >= 4 is 23.3 Å². The number of hydrogen-bond acceptors (Lipinski definition) is 2. The van der Waals surface area contributed by atoms with Crippen LogP contribution in [0.4, 0.5) is 4.39 Å². The fourth-order valence-electron chi connectivity index (χ4n) is 2.38. The average molecular weight is 301 g/mol. The smallest absolute Gasteiger partial charge is 0.244 e. The minimum Gasteiger partial charge on any atom is -0.352 e. The van der Waals surface area contributed by atoms with Crippen LogP contribution in [-0.2, 0) is 10.2 Å². The van der Waals surface area contributed by atoms with Gasteiger partial charge < -0.3 is 5.32 Å². The van der Waals surface area contributed by atoms with Gasteiger partial charge in [-0.05, 0) is 48.1 Å². The summed E-state index contributed by atoms with van der Waals surface area (Å²) in [6.07, 6.45) is 5.45. The molecule has 1 aromatic heterocycles. The third kappa shape index (κ3) is 3.39. The molecular weight excluding hydrogens is 285 g/mol. The lowest BCUT2D eigenvalue weighted by Gasteiger charge is -2.15. The van der Waals surface area contributed by atoms with E-state index in [0.717, 1.165) is 23.3 Å². The lowest BCUT2D eigenvalue weighted by atomic mass is 9.96. The van der Waals surface area contributed by atoms with Crippen LogP contribution in [0, 0.1) is 5.82 Å². The molecule has 1 amide bonds. The summed E-state index contributed by atoms with van der Waals surface area (Å²) in [4.78, 5) is 12.9. The molecule has 0 spiro atoms. The standard InChI is InChI=1S/C17H16FNOS/c18-14-5-3-13(4-6-14)17(9-10-17)12-19-16(20)8-7-15-2-1-11-21-15/h1-8,11H,9-10,12H2,(H,19,20). The number of carbonyl (C=O) groups is 1. The molecule has 1 aliphatic rings. The van der Waals surface area contributed by atoms with Crippen LogP contribution in [0.25, 0.3) is 6.08 Å². The first kappa shape index (κ1) is 14.0. The number of benzene rings is 1. The highest BCUT2D eigenvalue weighted by atomic mass is 32.1. The van der Waals surface area contributed by atoms with Crippen molar-refractivity contribution in [2.45, 2.75) is 18.3 Å². The molecule has 1 aromatic carbocycles. The lowest BCUT2D eigenvalue weighted by Crippen LogP contribution is -2.31. The van der Waals surface area contributed by atoms with E-state index in [4.69, 9.17) is 0 Å². The van der Waals surface area contributed by atoms with Gasteiger partial charge in [-0.15, -0.1) is 11.3 Å². The van der Waals surface area contributed by atoms with Crippen molar-refractivity contribution in [3.63, 3.8) is 0 Å². The molecule has 108 valence electrons. The fourth-order valence-corrected chi connectivity index (χ4v) is 3.00. The number of halogens is 1. The normalized spacial score (nSPS) is 16.0. The second kappa shape index (κ2) is 5.82. The van der Waals surface area contributed by atoms with Crippen LogP contribution in [-0.4, -0.2) is 12.5 Å². The Balaban J connectivity index is 1.57. The third-order valence-corrected chi connectivity index (χ3v) is 4.69. The molecule has 2 aromatic rings. The highest BCUT2D eigenvalue weighted by molar-refractivity contribution is 7.10. The summed E-state index contributed by atoms with van der Waals surface area (Å²) < 4.78 is 13.0. The summed E-state index contributed by atoms with van der Waals surface area (Å²) in [7, 11) is 0. The molecule has 0 bridgehead atoms. The number of carbonyl (C=O) groups excluding carboxylic acids is 1. The first-order valence-electron chi connectivity index (χ1n) is 6.93. The fraction of sp³-hybridized carbons (Fsp3) is 0.235. The Morgan fingerprint density at radius 2 is 2.05 bits per heavy atom. The molecule has 1 fully saturated rings. The summed E-state index contributed by atoms with van der Waals surface area (Å²) in [5.74, 6) is -0.311. The summed E-state index contributed by atoms with van der Waals surface area (Å²) in [6, 6.07) is 10.5. The van der Waals surface area contributed by atoms with Crippen molar-refractivity contribution in [3.8, 4) is 0 Å². The molecule has 1 heterocycles. The van der Waals surface area contributed by atoms with Gasteiger partial charge in [-0.2, -0.15) is 0 Å². The number of nitrogens with one attached hydrogen (secondary N) is 1. The molecule has 1 N–H and O–H groups in total. The van der Waals surface area contributed by atoms with Crippen LogP contribution in [0.3, 0.4) is 0 Å². The Morgan fingerprint density at radius 1 is 1.29 bits per heavy atom. The topological polar surface area (TPSA) is 29.1 Å². The van der Waals surface area contributed by atoms with Crippen molar-refractivity contribution in [2.75, 3.05) is 6.54 Å². The molecule has 1 saturated carbocycles. The second-order valence-electron chi connectivity index (χ2n) is 5.35. The van der Waals surface area contributed by atoms with Gasteiger partial charge in [0.05, 0.1) is 0 Å². The Labute approximate surface area is 127 Å². The van der Waals surface area contributed by atoms with Gasteiger partial charge in [-0.1, -0.05) is 18.2 Å². The Kier molecular flexibility index (Phi) is 3.88. The van der Waals surface area contributed by atoms with Gasteiger partial charge in [0, 0.05) is 22.9 Å². The highest BCUT2D eigenvalue weighted by Crippen LogP contribution is 2.47. The van der Waals surface area contributed by atoms with E-state index in [0.29, 0.717) is 6.54 Å². The Bertz CT molecular complexity index is 642. The monoisotopic (exact) mass is 301 g/mol. The molecule has 0 aliphatic heterocycles. The maximum absolute atomic E-state index is 13.0. The van der Waals surface area contributed by atoms with Crippen LogP contribution in [0.5, 0.6) is 0 Å². The van der Waals surface area contributed by atoms with Gasteiger partial charge >= 0.3 is 0 Å². The first-order chi connectivity index (χ1) is 10.2. The van der Waals surface area contributed by atoms with Gasteiger partial charge in [0.25, 0.3) is 0 Å². The zero-order valence-electron chi connectivity index (χ0n) is 11.5. The quantitative estimate of drug-likeness (QED) is 0.837. The minimum atomic E-state index is -0.225.